The highest BCUT2D eigenvalue weighted by molar-refractivity contribution is 9.10. The first-order chi connectivity index (χ1) is 14.4. The second kappa shape index (κ2) is 7.80. The number of nitrogens with zero attached hydrogens (tertiary/aromatic N) is 1. The van der Waals surface area contributed by atoms with E-state index in [0.29, 0.717) is 16.8 Å². The van der Waals surface area contributed by atoms with Crippen LogP contribution in [-0.2, 0) is 9.59 Å². The fourth-order valence-corrected chi connectivity index (χ4v) is 3.80. The normalized spacial score (nSPS) is 18.1. The third-order valence-electron chi connectivity index (χ3n) is 5.08. The van der Waals surface area contributed by atoms with Crippen molar-refractivity contribution in [1.29, 1.82) is 0 Å². The Hall–Kier alpha value is -3.38. The molecule has 1 atom stereocenters. The Morgan fingerprint density at radius 2 is 1.50 bits per heavy atom. The monoisotopic (exact) mass is 463 g/mol. The van der Waals surface area contributed by atoms with E-state index < -0.39 is 17.7 Å². The lowest BCUT2D eigenvalue weighted by Gasteiger charge is -2.25. The molecule has 1 fully saturated rings. The average molecular weight is 464 g/mol. The SMILES string of the molecule is Cc1ccc(/C(O)=C2/C(=O)C(=O)N(c3ccc(O)cc3)C2c2ccc(Br)cc2)cc1. The predicted octanol–water partition coefficient (Wildman–Crippen LogP) is 5.09. The fraction of sp³-hybridized carbons (Fsp3) is 0.0833. The van der Waals surface area contributed by atoms with Crippen LogP contribution in [0.5, 0.6) is 5.75 Å². The third-order valence-corrected chi connectivity index (χ3v) is 5.61. The summed E-state index contributed by atoms with van der Waals surface area (Å²) in [4.78, 5) is 27.4. The van der Waals surface area contributed by atoms with Gasteiger partial charge in [0, 0.05) is 15.7 Å². The van der Waals surface area contributed by atoms with Gasteiger partial charge in [-0.2, -0.15) is 0 Å². The van der Waals surface area contributed by atoms with Crippen molar-refractivity contribution in [3.05, 3.63) is 99.5 Å². The Kier molecular flexibility index (Phi) is 5.18. The van der Waals surface area contributed by atoms with Crippen molar-refractivity contribution in [2.45, 2.75) is 13.0 Å². The molecule has 0 bridgehead atoms. The molecule has 1 heterocycles. The number of aromatic hydroxyl groups is 1. The topological polar surface area (TPSA) is 77.8 Å². The van der Waals surface area contributed by atoms with Crippen LogP contribution in [0.4, 0.5) is 5.69 Å². The highest BCUT2D eigenvalue weighted by Gasteiger charge is 2.46. The summed E-state index contributed by atoms with van der Waals surface area (Å²) in [6.45, 7) is 1.93. The number of Topliss-reactive ketones (excluding diaryl/α,β-unsaturated/α-hetero) is 1. The largest absolute Gasteiger partial charge is 0.508 e. The number of phenols is 1. The summed E-state index contributed by atoms with van der Waals surface area (Å²) in [6, 6.07) is 19.6. The second-order valence-corrected chi connectivity index (χ2v) is 8.02. The standard InChI is InChI=1S/C24H18BrNO4/c1-14-2-4-16(5-3-14)22(28)20-21(15-6-8-17(25)9-7-15)26(24(30)23(20)29)18-10-12-19(27)13-11-18/h2-13,21,27-28H,1H3/b22-20-. The minimum atomic E-state index is -0.802. The number of rotatable bonds is 3. The van der Waals surface area contributed by atoms with Crippen LogP contribution in [0.15, 0.2) is 82.8 Å². The van der Waals surface area contributed by atoms with E-state index in [2.05, 4.69) is 15.9 Å². The minimum Gasteiger partial charge on any atom is -0.508 e. The number of anilines is 1. The van der Waals surface area contributed by atoms with Crippen LogP contribution in [0.25, 0.3) is 5.76 Å². The van der Waals surface area contributed by atoms with Crippen LogP contribution in [-0.4, -0.2) is 21.9 Å². The molecule has 3 aromatic rings. The van der Waals surface area contributed by atoms with Crippen molar-refractivity contribution in [1.82, 2.24) is 0 Å². The van der Waals surface area contributed by atoms with E-state index in [9.17, 15) is 19.8 Å². The molecule has 5 nitrogen and oxygen atoms in total. The van der Waals surface area contributed by atoms with Gasteiger partial charge in [-0.3, -0.25) is 14.5 Å². The summed E-state index contributed by atoms with van der Waals surface area (Å²) in [6.07, 6.45) is 0. The molecule has 0 radical (unpaired) electrons. The molecular formula is C24H18BrNO4. The number of ketones is 1. The quantitative estimate of drug-likeness (QED) is 0.322. The van der Waals surface area contributed by atoms with Crippen molar-refractivity contribution in [3.63, 3.8) is 0 Å². The molecule has 0 spiro atoms. The number of phenolic OH excluding ortho intramolecular Hbond substituents is 1. The zero-order valence-corrected chi connectivity index (χ0v) is 17.6. The molecule has 0 aromatic heterocycles. The number of aliphatic hydroxyl groups excluding tert-OH is 1. The van der Waals surface area contributed by atoms with Crippen LogP contribution in [0.3, 0.4) is 0 Å². The van der Waals surface area contributed by atoms with E-state index in [1.165, 1.54) is 17.0 Å². The first-order valence-electron chi connectivity index (χ1n) is 9.29. The molecular weight excluding hydrogens is 446 g/mol. The highest BCUT2D eigenvalue weighted by atomic mass is 79.9. The summed E-state index contributed by atoms with van der Waals surface area (Å²) in [7, 11) is 0. The Labute approximate surface area is 182 Å². The third kappa shape index (κ3) is 3.50. The van der Waals surface area contributed by atoms with Crippen molar-refractivity contribution in [2.24, 2.45) is 0 Å². The van der Waals surface area contributed by atoms with E-state index in [4.69, 9.17) is 0 Å². The lowest BCUT2D eigenvalue weighted by atomic mass is 9.95. The molecule has 1 saturated heterocycles. The Bertz CT molecular complexity index is 1150. The molecule has 2 N–H and O–H groups in total. The number of benzene rings is 3. The van der Waals surface area contributed by atoms with Crippen molar-refractivity contribution in [3.8, 4) is 5.75 Å². The van der Waals surface area contributed by atoms with Crippen molar-refractivity contribution < 1.29 is 19.8 Å². The number of amides is 1. The molecule has 0 aliphatic carbocycles. The maximum Gasteiger partial charge on any atom is 0.300 e. The van der Waals surface area contributed by atoms with Gasteiger partial charge in [0.25, 0.3) is 11.7 Å². The number of hydrogen-bond acceptors (Lipinski definition) is 4. The summed E-state index contributed by atoms with van der Waals surface area (Å²) < 4.78 is 0.853. The summed E-state index contributed by atoms with van der Waals surface area (Å²) in [5, 5.41) is 20.6. The molecule has 6 heteroatoms. The molecule has 0 saturated carbocycles. The maximum atomic E-state index is 13.0. The predicted molar refractivity (Wildman–Crippen MR) is 118 cm³/mol. The van der Waals surface area contributed by atoms with Gasteiger partial charge in [0.1, 0.15) is 11.5 Å². The average Bonchev–Trinajstić information content (AvgIpc) is 3.00. The number of carbonyl (C=O) groups excluding carboxylic acids is 2. The first-order valence-corrected chi connectivity index (χ1v) is 10.1. The molecule has 1 aliphatic rings. The number of hydrogen-bond donors (Lipinski definition) is 2. The minimum absolute atomic E-state index is 0.0271. The van der Waals surface area contributed by atoms with E-state index in [-0.39, 0.29) is 17.1 Å². The summed E-state index contributed by atoms with van der Waals surface area (Å²) in [5.74, 6) is -1.66. The lowest BCUT2D eigenvalue weighted by molar-refractivity contribution is -0.132. The van der Waals surface area contributed by atoms with Gasteiger partial charge in [0.2, 0.25) is 0 Å². The smallest absolute Gasteiger partial charge is 0.300 e. The zero-order valence-electron chi connectivity index (χ0n) is 16.0. The Balaban J connectivity index is 1.93. The van der Waals surface area contributed by atoms with Crippen LogP contribution >= 0.6 is 15.9 Å². The fourth-order valence-electron chi connectivity index (χ4n) is 3.54. The van der Waals surface area contributed by atoms with E-state index in [1.54, 1.807) is 36.4 Å². The van der Waals surface area contributed by atoms with Gasteiger partial charge < -0.3 is 10.2 Å². The number of carbonyl (C=O) groups is 2. The molecule has 4 rings (SSSR count). The van der Waals surface area contributed by atoms with Gasteiger partial charge in [-0.05, 0) is 48.9 Å². The van der Waals surface area contributed by atoms with E-state index in [1.807, 2.05) is 31.2 Å². The summed E-state index contributed by atoms with van der Waals surface area (Å²) in [5.41, 5.74) is 2.64. The van der Waals surface area contributed by atoms with Crippen LogP contribution in [0.2, 0.25) is 0 Å². The van der Waals surface area contributed by atoms with Crippen molar-refractivity contribution >= 4 is 39.1 Å². The van der Waals surface area contributed by atoms with Gasteiger partial charge >= 0.3 is 0 Å². The molecule has 1 unspecified atom stereocenters. The van der Waals surface area contributed by atoms with Gasteiger partial charge in [0.15, 0.2) is 0 Å². The molecule has 1 aliphatic heterocycles. The van der Waals surface area contributed by atoms with Crippen LogP contribution in [0.1, 0.15) is 22.7 Å². The summed E-state index contributed by atoms with van der Waals surface area (Å²) >= 11 is 3.40. The molecule has 150 valence electrons. The van der Waals surface area contributed by atoms with Crippen molar-refractivity contribution in [2.75, 3.05) is 4.90 Å². The second-order valence-electron chi connectivity index (χ2n) is 7.10. The van der Waals surface area contributed by atoms with Gasteiger partial charge in [-0.1, -0.05) is 57.9 Å². The zero-order chi connectivity index (χ0) is 21.4. The molecule has 3 aromatic carbocycles. The number of aliphatic hydroxyl groups is 1. The van der Waals surface area contributed by atoms with E-state index >= 15 is 0 Å². The highest BCUT2D eigenvalue weighted by Crippen LogP contribution is 2.42. The maximum absolute atomic E-state index is 13.0. The van der Waals surface area contributed by atoms with E-state index in [0.717, 1.165) is 10.0 Å². The molecule has 30 heavy (non-hydrogen) atoms. The molecule has 1 amide bonds. The van der Waals surface area contributed by atoms with Gasteiger partial charge in [-0.15, -0.1) is 0 Å². The number of halogens is 1. The lowest BCUT2D eigenvalue weighted by Crippen LogP contribution is -2.29. The van der Waals surface area contributed by atoms with Gasteiger partial charge in [-0.25, -0.2) is 0 Å². The van der Waals surface area contributed by atoms with Crippen LogP contribution in [0, 0.1) is 6.92 Å². The number of aryl methyl sites for hydroxylation is 1. The van der Waals surface area contributed by atoms with Crippen LogP contribution < -0.4 is 4.90 Å². The first kappa shape index (κ1) is 19.9. The van der Waals surface area contributed by atoms with Gasteiger partial charge in [0.05, 0.1) is 11.6 Å². The Morgan fingerprint density at radius 1 is 0.900 bits per heavy atom. The Morgan fingerprint density at radius 3 is 2.10 bits per heavy atom.